The van der Waals surface area contributed by atoms with Gasteiger partial charge in [-0.2, -0.15) is 9.61 Å². The van der Waals surface area contributed by atoms with E-state index in [2.05, 4.69) is 56.3 Å². The Labute approximate surface area is 142 Å². The third-order valence-electron chi connectivity index (χ3n) is 4.72. The zero-order chi connectivity index (χ0) is 16.4. The summed E-state index contributed by atoms with van der Waals surface area (Å²) < 4.78 is 1.95. The molecular weight excluding hydrogens is 298 g/mol. The van der Waals surface area contributed by atoms with E-state index in [0.717, 1.165) is 56.3 Å². The van der Waals surface area contributed by atoms with Gasteiger partial charge < -0.3 is 4.90 Å². The van der Waals surface area contributed by atoms with Crippen molar-refractivity contribution in [3.63, 3.8) is 0 Å². The first-order valence-corrected chi connectivity index (χ1v) is 8.62. The Hall–Kier alpha value is -2.40. The van der Waals surface area contributed by atoms with Crippen LogP contribution in [-0.2, 0) is 6.42 Å². The molecule has 0 aliphatic carbocycles. The molecule has 1 aliphatic rings. The van der Waals surface area contributed by atoms with Gasteiger partial charge >= 0.3 is 0 Å². The van der Waals surface area contributed by atoms with E-state index < -0.39 is 0 Å². The van der Waals surface area contributed by atoms with E-state index in [1.807, 2.05) is 23.7 Å². The van der Waals surface area contributed by atoms with Crippen molar-refractivity contribution in [1.29, 1.82) is 0 Å². The SMILES string of the molecule is Cc1cc(N2CCN(CCc3ccccc3)CC2)n2nccc2n1. The van der Waals surface area contributed by atoms with Gasteiger partial charge in [-0.15, -0.1) is 0 Å². The highest BCUT2D eigenvalue weighted by molar-refractivity contribution is 5.50. The topological polar surface area (TPSA) is 36.7 Å². The van der Waals surface area contributed by atoms with Gasteiger partial charge in [-0.25, -0.2) is 4.98 Å². The molecule has 3 heterocycles. The second-order valence-electron chi connectivity index (χ2n) is 6.42. The van der Waals surface area contributed by atoms with E-state index in [0.29, 0.717) is 0 Å². The third kappa shape index (κ3) is 3.12. The molecule has 5 nitrogen and oxygen atoms in total. The first-order chi connectivity index (χ1) is 11.8. The van der Waals surface area contributed by atoms with Gasteiger partial charge in [0.25, 0.3) is 0 Å². The first kappa shape index (κ1) is 15.1. The van der Waals surface area contributed by atoms with E-state index in [9.17, 15) is 0 Å². The summed E-state index contributed by atoms with van der Waals surface area (Å²) in [6.45, 7) is 7.44. The lowest BCUT2D eigenvalue weighted by Gasteiger charge is -2.36. The summed E-state index contributed by atoms with van der Waals surface area (Å²) in [5.41, 5.74) is 3.39. The third-order valence-corrected chi connectivity index (χ3v) is 4.72. The molecule has 0 spiro atoms. The largest absolute Gasteiger partial charge is 0.354 e. The quantitative estimate of drug-likeness (QED) is 0.739. The van der Waals surface area contributed by atoms with Crippen LogP contribution in [0.2, 0.25) is 0 Å². The van der Waals surface area contributed by atoms with E-state index in [-0.39, 0.29) is 0 Å². The van der Waals surface area contributed by atoms with Gasteiger partial charge in [-0.3, -0.25) is 4.90 Å². The van der Waals surface area contributed by atoms with Gasteiger partial charge in [-0.05, 0) is 18.9 Å². The molecule has 124 valence electrons. The van der Waals surface area contributed by atoms with Crippen LogP contribution in [0.25, 0.3) is 5.65 Å². The molecule has 1 aromatic carbocycles. The van der Waals surface area contributed by atoms with Crippen molar-refractivity contribution < 1.29 is 0 Å². The van der Waals surface area contributed by atoms with Crippen molar-refractivity contribution in [2.45, 2.75) is 13.3 Å². The fourth-order valence-corrected chi connectivity index (χ4v) is 3.38. The maximum absolute atomic E-state index is 4.53. The molecule has 1 aliphatic heterocycles. The lowest BCUT2D eigenvalue weighted by molar-refractivity contribution is 0.260. The number of hydrogen-bond acceptors (Lipinski definition) is 4. The summed E-state index contributed by atoms with van der Waals surface area (Å²) in [6.07, 6.45) is 2.94. The van der Waals surface area contributed by atoms with Crippen molar-refractivity contribution in [2.75, 3.05) is 37.6 Å². The van der Waals surface area contributed by atoms with Crippen molar-refractivity contribution in [2.24, 2.45) is 0 Å². The number of aromatic nitrogens is 3. The van der Waals surface area contributed by atoms with Crippen LogP contribution in [0.3, 0.4) is 0 Å². The van der Waals surface area contributed by atoms with Gasteiger partial charge in [0.1, 0.15) is 5.82 Å². The second-order valence-corrected chi connectivity index (χ2v) is 6.42. The molecule has 0 atom stereocenters. The number of piperazine rings is 1. The molecule has 4 rings (SSSR count). The minimum Gasteiger partial charge on any atom is -0.354 e. The normalized spacial score (nSPS) is 16.0. The van der Waals surface area contributed by atoms with Gasteiger partial charge in [-0.1, -0.05) is 30.3 Å². The molecule has 5 heteroatoms. The van der Waals surface area contributed by atoms with Crippen LogP contribution in [0.1, 0.15) is 11.3 Å². The Kier molecular flexibility index (Phi) is 4.17. The second kappa shape index (κ2) is 6.61. The summed E-state index contributed by atoms with van der Waals surface area (Å²) in [5, 5.41) is 4.43. The number of fused-ring (bicyclic) bond motifs is 1. The molecule has 0 unspecified atom stereocenters. The standard InChI is InChI=1S/C19H23N5/c1-16-15-19(24-18(21-16)7-9-20-24)23-13-11-22(12-14-23)10-8-17-5-3-2-4-6-17/h2-7,9,15H,8,10-14H2,1H3. The summed E-state index contributed by atoms with van der Waals surface area (Å²) in [4.78, 5) is 9.51. The average molecular weight is 321 g/mol. The summed E-state index contributed by atoms with van der Waals surface area (Å²) in [5.74, 6) is 1.16. The molecule has 24 heavy (non-hydrogen) atoms. The molecule has 1 saturated heterocycles. The number of anilines is 1. The number of nitrogens with zero attached hydrogens (tertiary/aromatic N) is 5. The Morgan fingerprint density at radius 2 is 1.79 bits per heavy atom. The van der Waals surface area contributed by atoms with Gasteiger partial charge in [0.05, 0.1) is 6.20 Å². The van der Waals surface area contributed by atoms with E-state index in [1.54, 1.807) is 0 Å². The zero-order valence-corrected chi connectivity index (χ0v) is 14.1. The Balaban J connectivity index is 1.39. The van der Waals surface area contributed by atoms with Gasteiger partial charge in [0.15, 0.2) is 5.65 Å². The van der Waals surface area contributed by atoms with Crippen LogP contribution in [0, 0.1) is 6.92 Å². The lowest BCUT2D eigenvalue weighted by Crippen LogP contribution is -2.47. The predicted octanol–water partition coefficient (Wildman–Crippen LogP) is 2.40. The molecule has 0 N–H and O–H groups in total. The molecule has 0 saturated carbocycles. The van der Waals surface area contributed by atoms with Crippen molar-refractivity contribution in [3.8, 4) is 0 Å². The van der Waals surface area contributed by atoms with Gasteiger partial charge in [0, 0.05) is 50.6 Å². The monoisotopic (exact) mass is 321 g/mol. The Morgan fingerprint density at radius 3 is 2.58 bits per heavy atom. The highest BCUT2D eigenvalue weighted by atomic mass is 15.4. The minimum atomic E-state index is 0.927. The smallest absolute Gasteiger partial charge is 0.157 e. The maximum Gasteiger partial charge on any atom is 0.157 e. The first-order valence-electron chi connectivity index (χ1n) is 8.62. The number of rotatable bonds is 4. The molecular formula is C19H23N5. The predicted molar refractivity (Wildman–Crippen MR) is 96.5 cm³/mol. The number of benzene rings is 1. The molecule has 3 aromatic rings. The molecule has 0 radical (unpaired) electrons. The van der Waals surface area contributed by atoms with Crippen molar-refractivity contribution in [1.82, 2.24) is 19.5 Å². The number of hydrogen-bond donors (Lipinski definition) is 0. The van der Waals surface area contributed by atoms with Crippen LogP contribution < -0.4 is 4.90 Å². The number of aryl methyl sites for hydroxylation is 1. The maximum atomic E-state index is 4.53. The summed E-state index contributed by atoms with van der Waals surface area (Å²) in [6, 6.07) is 14.8. The summed E-state index contributed by atoms with van der Waals surface area (Å²) in [7, 11) is 0. The average Bonchev–Trinajstić information content (AvgIpc) is 3.09. The highest BCUT2D eigenvalue weighted by Gasteiger charge is 2.19. The van der Waals surface area contributed by atoms with Crippen LogP contribution in [-0.4, -0.2) is 52.2 Å². The zero-order valence-electron chi connectivity index (χ0n) is 14.1. The van der Waals surface area contributed by atoms with Gasteiger partial charge in [0.2, 0.25) is 0 Å². The minimum absolute atomic E-state index is 0.927. The van der Waals surface area contributed by atoms with Crippen LogP contribution in [0.4, 0.5) is 5.82 Å². The molecule has 2 aromatic heterocycles. The molecule has 1 fully saturated rings. The van der Waals surface area contributed by atoms with E-state index in [1.165, 1.54) is 5.56 Å². The highest BCUT2D eigenvalue weighted by Crippen LogP contribution is 2.18. The summed E-state index contributed by atoms with van der Waals surface area (Å²) >= 11 is 0. The van der Waals surface area contributed by atoms with E-state index >= 15 is 0 Å². The van der Waals surface area contributed by atoms with Crippen molar-refractivity contribution >= 4 is 11.5 Å². The molecule has 0 bridgehead atoms. The van der Waals surface area contributed by atoms with Crippen LogP contribution >= 0.6 is 0 Å². The van der Waals surface area contributed by atoms with E-state index in [4.69, 9.17) is 0 Å². The Morgan fingerprint density at radius 1 is 1.00 bits per heavy atom. The fourth-order valence-electron chi connectivity index (χ4n) is 3.38. The lowest BCUT2D eigenvalue weighted by atomic mass is 10.1. The van der Waals surface area contributed by atoms with Crippen LogP contribution in [0.15, 0.2) is 48.7 Å². The van der Waals surface area contributed by atoms with Crippen molar-refractivity contribution in [3.05, 3.63) is 59.9 Å². The Bertz CT molecular complexity index is 803. The van der Waals surface area contributed by atoms with Crippen LogP contribution in [0.5, 0.6) is 0 Å². The molecule has 0 amide bonds. The fraction of sp³-hybridized carbons (Fsp3) is 0.368.